The van der Waals surface area contributed by atoms with Crippen molar-refractivity contribution in [2.45, 2.75) is 51.2 Å². The summed E-state index contributed by atoms with van der Waals surface area (Å²) in [6.45, 7) is 8.55. The number of carbonyl (C=O) groups is 1. The third-order valence-corrected chi connectivity index (χ3v) is 9.37. The minimum Gasteiger partial charge on any atom is -0.492 e. The molecule has 0 bridgehead atoms. The number of ether oxygens (including phenoxy) is 1. The first-order valence-corrected chi connectivity index (χ1v) is 14.6. The van der Waals surface area contributed by atoms with Gasteiger partial charge in [0.25, 0.3) is 5.91 Å². The normalized spacial score (nSPS) is 21.5. The van der Waals surface area contributed by atoms with Crippen molar-refractivity contribution in [1.29, 1.82) is 0 Å². The molecule has 7 nitrogen and oxygen atoms in total. The minimum atomic E-state index is 0.0669. The summed E-state index contributed by atoms with van der Waals surface area (Å²) in [4.78, 5) is 24.1. The number of amides is 1. The molecule has 2 saturated heterocycles. The van der Waals surface area contributed by atoms with Crippen LogP contribution in [0.25, 0.3) is 11.1 Å². The van der Waals surface area contributed by atoms with Crippen LogP contribution in [0, 0.1) is 6.92 Å². The quantitative estimate of drug-likeness (QED) is 0.490. The van der Waals surface area contributed by atoms with Gasteiger partial charge in [0.05, 0.1) is 19.0 Å². The molecule has 0 aromatic heterocycles. The number of aryl methyl sites for hydroxylation is 1. The zero-order valence-electron chi connectivity index (χ0n) is 23.7. The lowest BCUT2D eigenvalue weighted by Crippen LogP contribution is -2.42. The number of nitrogens with one attached hydrogen (secondary N) is 1. The number of benzene rings is 3. The highest BCUT2D eigenvalue weighted by atomic mass is 16.7. The van der Waals surface area contributed by atoms with Gasteiger partial charge in [0.15, 0.2) is 0 Å². The second-order valence-corrected chi connectivity index (χ2v) is 11.9. The number of likely N-dealkylation sites (tertiary alicyclic amines) is 1. The number of rotatable bonds is 4. The number of hydrogen-bond donors (Lipinski definition) is 1. The molecule has 1 N–H and O–H groups in total. The van der Waals surface area contributed by atoms with Crippen LogP contribution in [-0.4, -0.2) is 57.0 Å². The van der Waals surface area contributed by atoms with E-state index in [1.165, 1.54) is 16.7 Å². The van der Waals surface area contributed by atoms with Gasteiger partial charge >= 0.3 is 0 Å². The van der Waals surface area contributed by atoms with Crippen LogP contribution in [0.2, 0.25) is 0 Å². The van der Waals surface area contributed by atoms with E-state index in [9.17, 15) is 4.79 Å². The molecule has 0 radical (unpaired) electrons. The van der Waals surface area contributed by atoms with Crippen molar-refractivity contribution < 1.29 is 14.4 Å². The molecule has 1 amide bonds. The fourth-order valence-corrected chi connectivity index (χ4v) is 6.77. The number of carbonyl (C=O) groups excluding carboxylic acids is 1. The van der Waals surface area contributed by atoms with Crippen molar-refractivity contribution in [2.75, 3.05) is 49.9 Å². The highest BCUT2D eigenvalue weighted by Gasteiger charge is 2.44. The van der Waals surface area contributed by atoms with Crippen LogP contribution in [0.15, 0.2) is 54.6 Å². The number of hydroxylamine groups is 1. The molecular weight excluding hydrogens is 500 g/mol. The molecule has 2 fully saturated rings. The molecule has 3 aromatic rings. The molecule has 40 heavy (non-hydrogen) atoms. The Morgan fingerprint density at radius 2 is 1.85 bits per heavy atom. The Hall–Kier alpha value is -3.39. The van der Waals surface area contributed by atoms with Crippen LogP contribution in [0.5, 0.6) is 5.75 Å². The Balaban J connectivity index is 1.10. The van der Waals surface area contributed by atoms with Gasteiger partial charge in [0, 0.05) is 28.8 Å². The number of fused-ring (bicyclic) bond motifs is 3. The largest absolute Gasteiger partial charge is 0.492 e. The first-order chi connectivity index (χ1) is 19.4. The molecule has 3 aromatic carbocycles. The van der Waals surface area contributed by atoms with Gasteiger partial charge in [-0.2, -0.15) is 0 Å². The van der Waals surface area contributed by atoms with Gasteiger partial charge in [-0.1, -0.05) is 25.1 Å². The molecule has 208 valence electrons. The summed E-state index contributed by atoms with van der Waals surface area (Å²) < 4.78 is 6.21. The Kier molecular flexibility index (Phi) is 6.33. The van der Waals surface area contributed by atoms with Crippen LogP contribution >= 0.6 is 0 Å². The van der Waals surface area contributed by atoms with E-state index in [-0.39, 0.29) is 17.6 Å². The summed E-state index contributed by atoms with van der Waals surface area (Å²) in [6, 6.07) is 18.9. The van der Waals surface area contributed by atoms with E-state index in [2.05, 4.69) is 73.6 Å². The zero-order chi connectivity index (χ0) is 27.4. The molecule has 4 heterocycles. The van der Waals surface area contributed by atoms with Crippen LogP contribution in [0.4, 0.5) is 11.4 Å². The molecule has 1 atom stereocenters. The van der Waals surface area contributed by atoms with Gasteiger partial charge in [-0.05, 0) is 111 Å². The van der Waals surface area contributed by atoms with Crippen LogP contribution in [-0.2, 0) is 16.7 Å². The maximum Gasteiger partial charge on any atom is 0.258 e. The lowest BCUT2D eigenvalue weighted by molar-refractivity contribution is 0.0763. The molecule has 0 saturated carbocycles. The Labute approximate surface area is 236 Å². The summed E-state index contributed by atoms with van der Waals surface area (Å²) in [6.07, 6.45) is 4.07. The Bertz CT molecular complexity index is 1440. The van der Waals surface area contributed by atoms with Crippen molar-refractivity contribution >= 4 is 17.3 Å². The van der Waals surface area contributed by atoms with E-state index >= 15 is 0 Å². The summed E-state index contributed by atoms with van der Waals surface area (Å²) in [7, 11) is 2.19. The predicted octanol–water partition coefficient (Wildman–Crippen LogP) is 5.26. The first kappa shape index (κ1) is 25.6. The van der Waals surface area contributed by atoms with Crippen LogP contribution in [0.1, 0.15) is 53.2 Å². The molecule has 1 spiro atoms. The molecular formula is C33H38N4O3. The summed E-state index contributed by atoms with van der Waals surface area (Å²) >= 11 is 0. The highest BCUT2D eigenvalue weighted by molar-refractivity contribution is 6.07. The lowest BCUT2D eigenvalue weighted by Gasteiger charge is -2.37. The number of piperidine rings is 1. The lowest BCUT2D eigenvalue weighted by atomic mass is 9.74. The maximum absolute atomic E-state index is 13.7. The third kappa shape index (κ3) is 4.28. The van der Waals surface area contributed by atoms with Gasteiger partial charge < -0.3 is 14.5 Å². The van der Waals surface area contributed by atoms with Crippen molar-refractivity contribution in [3.63, 3.8) is 0 Å². The SMILES string of the molecule is CCC1NCN(c2ccc(-c3ccc(C(=O)N4CCc5cc6c(cc54)C4(CCN(C)CC4)CO6)cc3)c(C)c2)O1. The smallest absolute Gasteiger partial charge is 0.258 e. The molecule has 7 heteroatoms. The van der Waals surface area contributed by atoms with E-state index in [1.807, 2.05) is 22.1 Å². The topological polar surface area (TPSA) is 57.3 Å². The van der Waals surface area contributed by atoms with Crippen molar-refractivity contribution in [2.24, 2.45) is 0 Å². The number of anilines is 2. The third-order valence-electron chi connectivity index (χ3n) is 9.37. The summed E-state index contributed by atoms with van der Waals surface area (Å²) in [5.74, 6) is 1.10. The second kappa shape index (κ2) is 9.91. The van der Waals surface area contributed by atoms with Gasteiger partial charge in [0.2, 0.25) is 0 Å². The molecule has 1 unspecified atom stereocenters. The van der Waals surface area contributed by atoms with Gasteiger partial charge in [-0.25, -0.2) is 5.06 Å². The molecule has 7 rings (SSSR count). The Morgan fingerprint density at radius 3 is 2.58 bits per heavy atom. The van der Waals surface area contributed by atoms with Crippen molar-refractivity contribution in [3.8, 4) is 16.9 Å². The number of hydrogen-bond acceptors (Lipinski definition) is 6. The molecule has 0 aliphatic carbocycles. The second-order valence-electron chi connectivity index (χ2n) is 11.9. The first-order valence-electron chi connectivity index (χ1n) is 14.6. The predicted molar refractivity (Wildman–Crippen MR) is 158 cm³/mol. The fourth-order valence-electron chi connectivity index (χ4n) is 6.77. The van der Waals surface area contributed by atoms with Gasteiger partial charge in [-0.3, -0.25) is 14.9 Å². The number of nitrogens with zero attached hydrogens (tertiary/aromatic N) is 3. The van der Waals surface area contributed by atoms with E-state index in [0.29, 0.717) is 13.2 Å². The summed E-state index contributed by atoms with van der Waals surface area (Å²) in [5.41, 5.74) is 8.86. The van der Waals surface area contributed by atoms with E-state index in [1.54, 1.807) is 0 Å². The maximum atomic E-state index is 13.7. The van der Waals surface area contributed by atoms with Crippen LogP contribution in [0.3, 0.4) is 0 Å². The molecule has 4 aliphatic heterocycles. The van der Waals surface area contributed by atoms with Crippen molar-refractivity contribution in [3.05, 3.63) is 76.9 Å². The standard InChI is InChI=1S/C33H38N4O3/c1-4-31-34-21-37(40-31)26-9-10-27(22(2)17-26)23-5-7-24(8-6-23)32(38)36-14-11-25-18-30-28(19-29(25)36)33(20-39-30)12-15-35(3)16-13-33/h5-10,17-19,31,34H,4,11-16,20-21H2,1-3H3. The Morgan fingerprint density at radius 1 is 1.05 bits per heavy atom. The van der Waals surface area contributed by atoms with Crippen LogP contribution < -0.4 is 20.0 Å². The van der Waals surface area contributed by atoms with Gasteiger partial charge in [0.1, 0.15) is 12.0 Å². The molecule has 4 aliphatic rings. The average molecular weight is 539 g/mol. The fraction of sp³-hybridized carbons (Fsp3) is 0.424. The highest BCUT2D eigenvalue weighted by Crippen LogP contribution is 2.49. The van der Waals surface area contributed by atoms with Gasteiger partial charge in [-0.15, -0.1) is 0 Å². The average Bonchev–Trinajstić information content (AvgIpc) is 3.71. The minimum absolute atomic E-state index is 0.0669. The monoisotopic (exact) mass is 538 g/mol. The van der Waals surface area contributed by atoms with E-state index in [4.69, 9.17) is 9.57 Å². The van der Waals surface area contributed by atoms with Crippen molar-refractivity contribution in [1.82, 2.24) is 10.2 Å². The van der Waals surface area contributed by atoms with E-state index < -0.39 is 0 Å². The summed E-state index contributed by atoms with van der Waals surface area (Å²) in [5, 5.41) is 5.27. The van der Waals surface area contributed by atoms with E-state index in [0.717, 1.165) is 79.2 Å². The zero-order valence-corrected chi connectivity index (χ0v) is 23.7.